The third-order valence-electron chi connectivity index (χ3n) is 9.63. The number of hydrogen-bond donors (Lipinski definition) is 0. The highest BCUT2D eigenvalue weighted by atomic mass is 15.1. The molecule has 0 radical (unpaired) electrons. The van der Waals surface area contributed by atoms with Gasteiger partial charge in [0.05, 0.1) is 11.0 Å². The largest absolute Gasteiger partial charge is 0.292 e. The van der Waals surface area contributed by atoms with Gasteiger partial charge in [-0.15, -0.1) is 0 Å². The SMILES string of the molecule is c1ccc(-c2nc(-c3ccc4c5ccccc5c5ccccc5c4c3)nc(-c3cccc4nc(-c5ccccc5)n(-c5ccccc5)c34)n2)cc1. The first-order chi connectivity index (χ1) is 25.3. The van der Waals surface area contributed by atoms with Crippen molar-refractivity contribution in [1.82, 2.24) is 24.5 Å². The molecule has 0 fully saturated rings. The molecule has 51 heavy (non-hydrogen) atoms. The van der Waals surface area contributed by atoms with Crippen molar-refractivity contribution >= 4 is 43.4 Å². The molecular weight excluding hydrogens is 623 g/mol. The molecule has 0 aliphatic carbocycles. The summed E-state index contributed by atoms with van der Waals surface area (Å²) >= 11 is 0. The van der Waals surface area contributed by atoms with E-state index in [1.165, 1.54) is 32.3 Å². The van der Waals surface area contributed by atoms with Crippen LogP contribution in [0, 0.1) is 0 Å². The van der Waals surface area contributed by atoms with E-state index in [2.05, 4.69) is 120 Å². The number of nitrogens with zero attached hydrogens (tertiary/aromatic N) is 5. The maximum atomic E-state index is 5.25. The number of fused-ring (bicyclic) bond motifs is 7. The first kappa shape index (κ1) is 29.0. The van der Waals surface area contributed by atoms with Gasteiger partial charge in [-0.2, -0.15) is 0 Å². The number of imidazole rings is 1. The molecule has 0 saturated carbocycles. The van der Waals surface area contributed by atoms with Gasteiger partial charge in [0.1, 0.15) is 5.82 Å². The Morgan fingerprint density at radius 1 is 0.333 bits per heavy atom. The van der Waals surface area contributed by atoms with Crippen molar-refractivity contribution in [2.24, 2.45) is 0 Å². The Morgan fingerprint density at radius 3 is 1.49 bits per heavy atom. The summed E-state index contributed by atoms with van der Waals surface area (Å²) in [6.45, 7) is 0. The molecule has 10 aromatic rings. The number of hydrogen-bond acceptors (Lipinski definition) is 4. The summed E-state index contributed by atoms with van der Waals surface area (Å²) in [6, 6.07) is 60.9. The number of para-hydroxylation sites is 2. The Kier molecular flexibility index (Phi) is 6.74. The first-order valence-electron chi connectivity index (χ1n) is 17.1. The van der Waals surface area contributed by atoms with E-state index in [-0.39, 0.29) is 0 Å². The van der Waals surface area contributed by atoms with Crippen LogP contribution in [0.3, 0.4) is 0 Å². The van der Waals surface area contributed by atoms with Crippen LogP contribution in [0.5, 0.6) is 0 Å². The fourth-order valence-corrected chi connectivity index (χ4v) is 7.30. The topological polar surface area (TPSA) is 56.5 Å². The van der Waals surface area contributed by atoms with E-state index in [4.69, 9.17) is 19.9 Å². The van der Waals surface area contributed by atoms with Gasteiger partial charge in [0.25, 0.3) is 0 Å². The van der Waals surface area contributed by atoms with Gasteiger partial charge in [-0.05, 0) is 62.6 Å². The molecule has 0 aliphatic rings. The summed E-state index contributed by atoms with van der Waals surface area (Å²) in [5.41, 5.74) is 6.57. The van der Waals surface area contributed by atoms with Gasteiger partial charge in [-0.3, -0.25) is 4.57 Å². The zero-order valence-electron chi connectivity index (χ0n) is 27.5. The third-order valence-corrected chi connectivity index (χ3v) is 9.63. The van der Waals surface area contributed by atoms with E-state index in [9.17, 15) is 0 Å². The maximum absolute atomic E-state index is 5.25. The minimum atomic E-state index is 0.588. The van der Waals surface area contributed by atoms with E-state index in [0.29, 0.717) is 17.5 Å². The minimum Gasteiger partial charge on any atom is -0.292 e. The van der Waals surface area contributed by atoms with Gasteiger partial charge in [-0.1, -0.05) is 146 Å². The Labute approximate surface area is 294 Å². The van der Waals surface area contributed by atoms with Crippen LogP contribution in [0.4, 0.5) is 0 Å². The van der Waals surface area contributed by atoms with Crippen molar-refractivity contribution in [1.29, 1.82) is 0 Å². The average Bonchev–Trinajstić information content (AvgIpc) is 3.62. The van der Waals surface area contributed by atoms with Crippen LogP contribution < -0.4 is 0 Å². The molecular formula is C46H29N5. The summed E-state index contributed by atoms with van der Waals surface area (Å²) in [7, 11) is 0. The molecule has 2 aromatic heterocycles. The lowest BCUT2D eigenvalue weighted by molar-refractivity contribution is 1.07. The zero-order chi connectivity index (χ0) is 33.7. The first-order valence-corrected chi connectivity index (χ1v) is 17.1. The smallest absolute Gasteiger partial charge is 0.166 e. The molecule has 8 aromatic carbocycles. The predicted octanol–water partition coefficient (Wildman–Crippen LogP) is 11.3. The third kappa shape index (κ3) is 4.86. The lowest BCUT2D eigenvalue weighted by atomic mass is 9.93. The van der Waals surface area contributed by atoms with Crippen LogP contribution in [0.15, 0.2) is 176 Å². The highest BCUT2D eigenvalue weighted by Gasteiger charge is 2.21. The molecule has 5 nitrogen and oxygen atoms in total. The lowest BCUT2D eigenvalue weighted by Gasteiger charge is -2.14. The Hall–Kier alpha value is -6.98. The van der Waals surface area contributed by atoms with Gasteiger partial charge in [0, 0.05) is 27.9 Å². The molecule has 238 valence electrons. The number of rotatable bonds is 5. The van der Waals surface area contributed by atoms with Crippen molar-refractivity contribution < 1.29 is 0 Å². The van der Waals surface area contributed by atoms with Crippen molar-refractivity contribution in [3.63, 3.8) is 0 Å². The molecule has 2 heterocycles. The van der Waals surface area contributed by atoms with Crippen LogP contribution in [0.25, 0.3) is 94.6 Å². The Bertz CT molecular complexity index is 2860. The van der Waals surface area contributed by atoms with E-state index >= 15 is 0 Å². The molecule has 0 spiro atoms. The van der Waals surface area contributed by atoms with E-state index in [0.717, 1.165) is 44.8 Å². The van der Waals surface area contributed by atoms with E-state index in [1.54, 1.807) is 0 Å². The second-order valence-electron chi connectivity index (χ2n) is 12.7. The standard InChI is InChI=1S/C46H29N5/c1-4-15-30(16-5-1)43-48-44(32-27-28-38-36-23-11-10-21-34(36)35-22-12-13-24-37(35)40(38)29-32)50-45(49-43)39-25-14-26-41-42(39)51(33-19-8-3-9-20-33)46(47-41)31-17-6-2-7-18-31/h1-29H. The minimum absolute atomic E-state index is 0.588. The fraction of sp³-hybridized carbons (Fsp3) is 0. The van der Waals surface area contributed by atoms with Crippen LogP contribution in [0.1, 0.15) is 0 Å². The maximum Gasteiger partial charge on any atom is 0.166 e. The average molecular weight is 652 g/mol. The summed E-state index contributed by atoms with van der Waals surface area (Å²) in [5, 5.41) is 7.29. The molecule has 0 N–H and O–H groups in total. The van der Waals surface area contributed by atoms with Gasteiger partial charge in [0.2, 0.25) is 0 Å². The molecule has 0 aliphatic heterocycles. The van der Waals surface area contributed by atoms with Crippen LogP contribution in [0.2, 0.25) is 0 Å². The summed E-state index contributed by atoms with van der Waals surface area (Å²) in [5.74, 6) is 2.68. The zero-order valence-corrected chi connectivity index (χ0v) is 27.5. The molecule has 0 atom stereocenters. The molecule has 0 bridgehead atoms. The van der Waals surface area contributed by atoms with Crippen LogP contribution in [-0.4, -0.2) is 24.5 Å². The van der Waals surface area contributed by atoms with Crippen molar-refractivity contribution in [2.75, 3.05) is 0 Å². The van der Waals surface area contributed by atoms with Gasteiger partial charge in [0.15, 0.2) is 17.5 Å². The summed E-state index contributed by atoms with van der Waals surface area (Å²) in [4.78, 5) is 20.7. The quantitative estimate of drug-likeness (QED) is 0.174. The second kappa shape index (κ2) is 11.9. The Morgan fingerprint density at radius 2 is 0.843 bits per heavy atom. The molecule has 10 rings (SSSR count). The predicted molar refractivity (Wildman–Crippen MR) is 209 cm³/mol. The normalized spacial score (nSPS) is 11.5. The van der Waals surface area contributed by atoms with Gasteiger partial charge in [-0.25, -0.2) is 19.9 Å². The van der Waals surface area contributed by atoms with E-state index in [1.807, 2.05) is 60.7 Å². The van der Waals surface area contributed by atoms with Crippen molar-refractivity contribution in [2.45, 2.75) is 0 Å². The number of benzene rings is 8. The number of aromatic nitrogens is 5. The monoisotopic (exact) mass is 651 g/mol. The fourth-order valence-electron chi connectivity index (χ4n) is 7.30. The van der Waals surface area contributed by atoms with Gasteiger partial charge < -0.3 is 0 Å². The van der Waals surface area contributed by atoms with Crippen molar-refractivity contribution in [3.05, 3.63) is 176 Å². The van der Waals surface area contributed by atoms with E-state index < -0.39 is 0 Å². The van der Waals surface area contributed by atoms with Crippen LogP contribution >= 0.6 is 0 Å². The van der Waals surface area contributed by atoms with Gasteiger partial charge >= 0.3 is 0 Å². The van der Waals surface area contributed by atoms with Crippen LogP contribution in [-0.2, 0) is 0 Å². The highest BCUT2D eigenvalue weighted by Crippen LogP contribution is 2.38. The summed E-state index contributed by atoms with van der Waals surface area (Å²) in [6.07, 6.45) is 0. The van der Waals surface area contributed by atoms with Crippen molar-refractivity contribution in [3.8, 4) is 51.2 Å². The highest BCUT2D eigenvalue weighted by molar-refractivity contribution is 6.25. The second-order valence-corrected chi connectivity index (χ2v) is 12.7. The lowest BCUT2D eigenvalue weighted by Crippen LogP contribution is -2.03. The summed E-state index contributed by atoms with van der Waals surface area (Å²) < 4.78 is 2.22. The molecule has 0 saturated heterocycles. The molecule has 5 heteroatoms. The molecule has 0 unspecified atom stereocenters. The Balaban J connectivity index is 1.25. The molecule has 0 amide bonds.